The summed E-state index contributed by atoms with van der Waals surface area (Å²) in [6, 6.07) is 11.0. The number of pyridine rings is 1. The molecule has 1 saturated heterocycles. The van der Waals surface area contributed by atoms with Gasteiger partial charge in [0.1, 0.15) is 0 Å². The van der Waals surface area contributed by atoms with Gasteiger partial charge in [-0.3, -0.25) is 14.7 Å². The van der Waals surface area contributed by atoms with E-state index in [4.69, 9.17) is 4.74 Å². The van der Waals surface area contributed by atoms with E-state index in [9.17, 15) is 9.18 Å². The molecule has 0 unspecified atom stereocenters. The SMILES string of the molecule is COc1cccc(CN2CCC[C@@H]([C@H](NC(=O)C3CCC3)c3ccccn3)C2)c1F. The molecule has 160 valence electrons. The first-order chi connectivity index (χ1) is 14.7. The van der Waals surface area contributed by atoms with E-state index in [0.717, 1.165) is 50.9 Å². The molecule has 1 N–H and O–H groups in total. The van der Waals surface area contributed by atoms with E-state index >= 15 is 0 Å². The normalized spacial score (nSPS) is 20.9. The van der Waals surface area contributed by atoms with Crippen molar-refractivity contribution < 1.29 is 13.9 Å². The summed E-state index contributed by atoms with van der Waals surface area (Å²) in [5.41, 5.74) is 1.55. The minimum atomic E-state index is -0.290. The lowest BCUT2D eigenvalue weighted by Crippen LogP contribution is -2.45. The number of rotatable bonds is 7. The predicted molar refractivity (Wildman–Crippen MR) is 113 cm³/mol. The molecule has 5 nitrogen and oxygen atoms in total. The fraction of sp³-hybridized carbons (Fsp3) is 0.500. The van der Waals surface area contributed by atoms with E-state index in [-0.39, 0.29) is 35.4 Å². The summed E-state index contributed by atoms with van der Waals surface area (Å²) in [5, 5.41) is 3.30. The molecular weight excluding hydrogens is 381 g/mol. The topological polar surface area (TPSA) is 54.5 Å². The zero-order valence-electron chi connectivity index (χ0n) is 17.5. The van der Waals surface area contributed by atoms with Crippen LogP contribution in [0.15, 0.2) is 42.6 Å². The van der Waals surface area contributed by atoms with Gasteiger partial charge in [0.05, 0.1) is 18.8 Å². The molecule has 6 heteroatoms. The first kappa shape index (κ1) is 20.8. The molecule has 2 atom stereocenters. The zero-order valence-corrected chi connectivity index (χ0v) is 17.5. The van der Waals surface area contributed by atoms with Crippen LogP contribution >= 0.6 is 0 Å². The average molecular weight is 412 g/mol. The number of methoxy groups -OCH3 is 1. The lowest BCUT2D eigenvalue weighted by molar-refractivity contribution is -0.128. The van der Waals surface area contributed by atoms with Crippen LogP contribution in [0.25, 0.3) is 0 Å². The van der Waals surface area contributed by atoms with Gasteiger partial charge in [-0.05, 0) is 56.3 Å². The van der Waals surface area contributed by atoms with Crippen LogP contribution < -0.4 is 10.1 Å². The third kappa shape index (κ3) is 4.64. The van der Waals surface area contributed by atoms with Crippen LogP contribution in [-0.4, -0.2) is 36.0 Å². The minimum Gasteiger partial charge on any atom is -0.494 e. The lowest BCUT2D eigenvalue weighted by atomic mass is 9.83. The van der Waals surface area contributed by atoms with Crippen molar-refractivity contribution in [3.05, 3.63) is 59.7 Å². The van der Waals surface area contributed by atoms with E-state index < -0.39 is 0 Å². The fourth-order valence-corrected chi connectivity index (χ4v) is 4.52. The molecule has 1 aromatic carbocycles. The van der Waals surface area contributed by atoms with Crippen LogP contribution in [0.1, 0.15) is 49.4 Å². The van der Waals surface area contributed by atoms with Gasteiger partial charge in [0.15, 0.2) is 11.6 Å². The molecule has 1 aliphatic carbocycles. The van der Waals surface area contributed by atoms with Gasteiger partial charge in [0, 0.05) is 30.8 Å². The van der Waals surface area contributed by atoms with Crippen LogP contribution in [0, 0.1) is 17.7 Å². The second kappa shape index (κ2) is 9.56. The number of benzene rings is 1. The molecule has 4 rings (SSSR count). The van der Waals surface area contributed by atoms with Crippen LogP contribution in [0.3, 0.4) is 0 Å². The van der Waals surface area contributed by atoms with Gasteiger partial charge < -0.3 is 10.1 Å². The van der Waals surface area contributed by atoms with E-state index in [1.807, 2.05) is 30.3 Å². The van der Waals surface area contributed by atoms with Crippen LogP contribution in [-0.2, 0) is 11.3 Å². The Balaban J connectivity index is 1.49. The van der Waals surface area contributed by atoms with E-state index in [1.165, 1.54) is 7.11 Å². The third-order valence-corrected chi connectivity index (χ3v) is 6.45. The van der Waals surface area contributed by atoms with Gasteiger partial charge in [0.25, 0.3) is 0 Å². The second-order valence-electron chi connectivity index (χ2n) is 8.44. The Hall–Kier alpha value is -2.47. The summed E-state index contributed by atoms with van der Waals surface area (Å²) in [6.07, 6.45) is 6.90. The van der Waals surface area contributed by atoms with Gasteiger partial charge >= 0.3 is 0 Å². The fourth-order valence-electron chi connectivity index (χ4n) is 4.52. The highest BCUT2D eigenvalue weighted by atomic mass is 19.1. The molecule has 1 saturated carbocycles. The number of halogens is 1. The molecule has 2 aromatic rings. The molecule has 1 amide bonds. The van der Waals surface area contributed by atoms with Crippen molar-refractivity contribution in [3.63, 3.8) is 0 Å². The molecule has 30 heavy (non-hydrogen) atoms. The Morgan fingerprint density at radius 3 is 2.80 bits per heavy atom. The maximum atomic E-state index is 14.6. The highest BCUT2D eigenvalue weighted by molar-refractivity contribution is 5.79. The summed E-state index contributed by atoms with van der Waals surface area (Å²) >= 11 is 0. The largest absolute Gasteiger partial charge is 0.494 e. The summed E-state index contributed by atoms with van der Waals surface area (Å²) in [6.45, 7) is 2.24. The van der Waals surface area contributed by atoms with Gasteiger partial charge in [0.2, 0.25) is 5.91 Å². The van der Waals surface area contributed by atoms with Crippen molar-refractivity contribution in [1.29, 1.82) is 0 Å². The standard InChI is InChI=1S/C24H30FN3O2/c1-30-21-12-5-9-18(22(21)25)15-28-14-6-10-19(16-28)23(20-11-2-3-13-26-20)27-24(29)17-7-4-8-17/h2-3,5,9,11-13,17,19,23H,4,6-8,10,14-16H2,1H3,(H,27,29)/t19-,23+/m1/s1. The van der Waals surface area contributed by atoms with Crippen LogP contribution in [0.5, 0.6) is 5.75 Å². The molecule has 2 fully saturated rings. The third-order valence-electron chi connectivity index (χ3n) is 6.45. The van der Waals surface area contributed by atoms with Gasteiger partial charge in [-0.2, -0.15) is 0 Å². The Morgan fingerprint density at radius 1 is 1.23 bits per heavy atom. The van der Waals surface area contributed by atoms with Crippen molar-refractivity contribution in [2.24, 2.45) is 11.8 Å². The van der Waals surface area contributed by atoms with Crippen molar-refractivity contribution in [2.45, 2.75) is 44.7 Å². The molecule has 0 radical (unpaired) electrons. The lowest BCUT2D eigenvalue weighted by Gasteiger charge is -2.38. The molecule has 1 aromatic heterocycles. The number of hydrogen-bond donors (Lipinski definition) is 1. The average Bonchev–Trinajstić information content (AvgIpc) is 2.73. The summed E-state index contributed by atoms with van der Waals surface area (Å²) in [4.78, 5) is 19.5. The monoisotopic (exact) mass is 411 g/mol. The molecular formula is C24H30FN3O2. The van der Waals surface area contributed by atoms with Crippen molar-refractivity contribution in [1.82, 2.24) is 15.2 Å². The molecule has 2 aliphatic rings. The van der Waals surface area contributed by atoms with Gasteiger partial charge in [-0.15, -0.1) is 0 Å². The Bertz CT molecular complexity index is 857. The maximum absolute atomic E-state index is 14.6. The summed E-state index contributed by atoms with van der Waals surface area (Å²) < 4.78 is 19.8. The number of hydrogen-bond acceptors (Lipinski definition) is 4. The summed E-state index contributed by atoms with van der Waals surface area (Å²) in [7, 11) is 1.49. The predicted octanol–water partition coefficient (Wildman–Crippen LogP) is 4.10. The van der Waals surface area contributed by atoms with E-state index in [1.54, 1.807) is 12.3 Å². The number of nitrogens with zero attached hydrogens (tertiary/aromatic N) is 2. The Morgan fingerprint density at radius 2 is 2.10 bits per heavy atom. The number of nitrogens with one attached hydrogen (secondary N) is 1. The molecule has 0 spiro atoms. The minimum absolute atomic E-state index is 0.114. The number of aromatic nitrogens is 1. The highest BCUT2D eigenvalue weighted by Crippen LogP contribution is 2.33. The van der Waals surface area contributed by atoms with E-state index in [2.05, 4.69) is 15.2 Å². The van der Waals surface area contributed by atoms with Gasteiger partial charge in [-0.1, -0.05) is 24.6 Å². The number of likely N-dealkylation sites (tertiary alicyclic amines) is 1. The quantitative estimate of drug-likeness (QED) is 0.745. The Labute approximate surface area is 177 Å². The number of ether oxygens (including phenoxy) is 1. The number of piperidine rings is 1. The molecule has 0 bridgehead atoms. The van der Waals surface area contributed by atoms with Crippen LogP contribution in [0.2, 0.25) is 0 Å². The van der Waals surface area contributed by atoms with Crippen molar-refractivity contribution >= 4 is 5.91 Å². The van der Waals surface area contributed by atoms with E-state index in [0.29, 0.717) is 12.1 Å². The first-order valence-corrected chi connectivity index (χ1v) is 10.9. The zero-order chi connectivity index (χ0) is 20.9. The van der Waals surface area contributed by atoms with Crippen LogP contribution in [0.4, 0.5) is 4.39 Å². The highest BCUT2D eigenvalue weighted by Gasteiger charge is 2.33. The number of carbonyl (C=O) groups is 1. The second-order valence-corrected chi connectivity index (χ2v) is 8.44. The Kier molecular flexibility index (Phi) is 6.62. The number of carbonyl (C=O) groups excluding carboxylic acids is 1. The first-order valence-electron chi connectivity index (χ1n) is 10.9. The molecule has 2 heterocycles. The maximum Gasteiger partial charge on any atom is 0.223 e. The van der Waals surface area contributed by atoms with Crippen molar-refractivity contribution in [2.75, 3.05) is 20.2 Å². The van der Waals surface area contributed by atoms with Gasteiger partial charge in [-0.25, -0.2) is 4.39 Å². The summed E-state index contributed by atoms with van der Waals surface area (Å²) in [5.74, 6) is 0.517. The van der Waals surface area contributed by atoms with Crippen molar-refractivity contribution in [3.8, 4) is 5.75 Å². The smallest absolute Gasteiger partial charge is 0.223 e. The molecule has 1 aliphatic heterocycles. The number of amides is 1.